The Morgan fingerprint density at radius 2 is 2.12 bits per heavy atom. The number of rotatable bonds is 6. The first-order valence-electron chi connectivity index (χ1n) is 5.48. The van der Waals surface area contributed by atoms with Crippen LogP contribution < -0.4 is 5.73 Å². The lowest BCUT2D eigenvalue weighted by Gasteiger charge is -2.25. The first kappa shape index (κ1) is 14.6. The molecule has 1 aromatic heterocycles. The van der Waals surface area contributed by atoms with E-state index in [2.05, 4.69) is 19.1 Å². The van der Waals surface area contributed by atoms with Crippen molar-refractivity contribution >= 4 is 21.2 Å². The van der Waals surface area contributed by atoms with Crippen molar-refractivity contribution in [2.75, 3.05) is 32.1 Å². The summed E-state index contributed by atoms with van der Waals surface area (Å²) >= 11 is 1.71. The highest BCUT2D eigenvalue weighted by Gasteiger charge is 2.18. The molecule has 1 rings (SSSR count). The smallest absolute Gasteiger partial charge is 0.148 e. The summed E-state index contributed by atoms with van der Waals surface area (Å²) in [6.07, 6.45) is 1.26. The summed E-state index contributed by atoms with van der Waals surface area (Å²) < 4.78 is 22.3. The number of likely N-dealkylation sites (N-methyl/N-ethyl adjacent to an activating group) is 1. The van der Waals surface area contributed by atoms with Crippen molar-refractivity contribution in [2.45, 2.75) is 13.0 Å². The molecule has 0 saturated heterocycles. The number of nitrogens with zero attached hydrogens (tertiary/aromatic N) is 1. The molecule has 98 valence electrons. The quantitative estimate of drug-likeness (QED) is 0.843. The fourth-order valence-electron chi connectivity index (χ4n) is 1.61. The molecule has 6 heteroatoms. The average Bonchev–Trinajstić information content (AvgIpc) is 2.62. The first-order valence-corrected chi connectivity index (χ1v) is 8.35. The molecule has 0 aromatic carbocycles. The highest BCUT2D eigenvalue weighted by molar-refractivity contribution is 7.90. The van der Waals surface area contributed by atoms with Gasteiger partial charge < -0.3 is 5.73 Å². The minimum absolute atomic E-state index is 0.107. The molecule has 0 fully saturated rings. The Kier molecular flexibility index (Phi) is 5.12. The van der Waals surface area contributed by atoms with Crippen LogP contribution in [0, 0.1) is 6.92 Å². The molecule has 1 aromatic rings. The van der Waals surface area contributed by atoms with Crippen molar-refractivity contribution in [1.29, 1.82) is 0 Å². The standard InChI is InChI=1S/C11H20N2O2S2/c1-9-4-5-11(16-9)10(8-12)13(2)6-7-17(3,14)15/h4-5,10H,6-8,12H2,1-3H3. The van der Waals surface area contributed by atoms with E-state index in [1.54, 1.807) is 11.3 Å². The lowest BCUT2D eigenvalue weighted by molar-refractivity contribution is 0.268. The molecule has 1 atom stereocenters. The number of aryl methyl sites for hydroxylation is 1. The molecule has 0 aliphatic carbocycles. The Hall–Kier alpha value is -0.430. The lowest BCUT2D eigenvalue weighted by atomic mass is 10.2. The van der Waals surface area contributed by atoms with Crippen LogP contribution in [-0.2, 0) is 9.84 Å². The van der Waals surface area contributed by atoms with E-state index in [-0.39, 0.29) is 11.8 Å². The molecule has 1 heterocycles. The van der Waals surface area contributed by atoms with E-state index < -0.39 is 9.84 Å². The van der Waals surface area contributed by atoms with E-state index in [1.165, 1.54) is 16.0 Å². The van der Waals surface area contributed by atoms with Gasteiger partial charge in [0.25, 0.3) is 0 Å². The molecule has 2 N–H and O–H groups in total. The van der Waals surface area contributed by atoms with Crippen LogP contribution in [0.5, 0.6) is 0 Å². The second-order valence-electron chi connectivity index (χ2n) is 4.31. The second-order valence-corrected chi connectivity index (χ2v) is 7.89. The zero-order chi connectivity index (χ0) is 13.1. The van der Waals surface area contributed by atoms with E-state index in [0.29, 0.717) is 13.1 Å². The van der Waals surface area contributed by atoms with Gasteiger partial charge in [-0.05, 0) is 26.1 Å². The van der Waals surface area contributed by atoms with Gasteiger partial charge in [-0.3, -0.25) is 4.90 Å². The largest absolute Gasteiger partial charge is 0.329 e. The van der Waals surface area contributed by atoms with E-state index in [1.807, 2.05) is 11.9 Å². The molecule has 1 unspecified atom stereocenters. The number of hydrogen-bond donors (Lipinski definition) is 1. The minimum atomic E-state index is -2.92. The van der Waals surface area contributed by atoms with Crippen LogP contribution in [0.25, 0.3) is 0 Å². The van der Waals surface area contributed by atoms with Crippen LogP contribution in [0.3, 0.4) is 0 Å². The summed E-state index contributed by atoms with van der Waals surface area (Å²) in [5.41, 5.74) is 5.77. The van der Waals surface area contributed by atoms with Crippen molar-refractivity contribution in [3.05, 3.63) is 21.9 Å². The van der Waals surface area contributed by atoms with Gasteiger partial charge in [-0.2, -0.15) is 0 Å². The zero-order valence-corrected chi connectivity index (χ0v) is 12.1. The summed E-state index contributed by atoms with van der Waals surface area (Å²) in [4.78, 5) is 4.45. The van der Waals surface area contributed by atoms with E-state index >= 15 is 0 Å². The Balaban J connectivity index is 2.68. The summed E-state index contributed by atoms with van der Waals surface area (Å²) in [6, 6.07) is 4.23. The number of thiophene rings is 1. The minimum Gasteiger partial charge on any atom is -0.329 e. The third kappa shape index (κ3) is 4.75. The summed E-state index contributed by atoms with van der Waals surface area (Å²) in [7, 11) is -1.00. The third-order valence-corrected chi connectivity index (χ3v) is 4.69. The van der Waals surface area contributed by atoms with Gasteiger partial charge in [0.15, 0.2) is 0 Å². The van der Waals surface area contributed by atoms with Gasteiger partial charge in [0.05, 0.1) is 11.8 Å². The predicted octanol–water partition coefficient (Wildman–Crippen LogP) is 1.03. The van der Waals surface area contributed by atoms with E-state index in [9.17, 15) is 8.42 Å². The van der Waals surface area contributed by atoms with Crippen LogP contribution in [0.15, 0.2) is 12.1 Å². The average molecular weight is 276 g/mol. The fourth-order valence-corrected chi connectivity index (χ4v) is 3.29. The maximum Gasteiger partial charge on any atom is 0.148 e. The SMILES string of the molecule is Cc1ccc(C(CN)N(C)CCS(C)(=O)=O)s1. The highest BCUT2D eigenvalue weighted by atomic mass is 32.2. The van der Waals surface area contributed by atoms with Gasteiger partial charge in [0.1, 0.15) is 9.84 Å². The van der Waals surface area contributed by atoms with Crippen LogP contribution >= 0.6 is 11.3 Å². The maximum absolute atomic E-state index is 11.1. The Bertz CT molecular complexity index is 454. The van der Waals surface area contributed by atoms with Crippen molar-refractivity contribution in [3.63, 3.8) is 0 Å². The summed E-state index contributed by atoms with van der Waals surface area (Å²) in [5, 5.41) is 0. The monoisotopic (exact) mass is 276 g/mol. The molecule has 0 saturated carbocycles. The van der Waals surface area contributed by atoms with Crippen molar-refractivity contribution in [3.8, 4) is 0 Å². The summed E-state index contributed by atoms with van der Waals surface area (Å²) in [5.74, 6) is 0.171. The second kappa shape index (κ2) is 5.95. The molecule has 4 nitrogen and oxygen atoms in total. The molecule has 0 aliphatic heterocycles. The van der Waals surface area contributed by atoms with Gasteiger partial charge in [-0.15, -0.1) is 11.3 Å². The molecule has 0 spiro atoms. The van der Waals surface area contributed by atoms with Gasteiger partial charge in [0.2, 0.25) is 0 Å². The van der Waals surface area contributed by atoms with Crippen molar-refractivity contribution in [1.82, 2.24) is 4.90 Å². The molecule has 0 bridgehead atoms. The van der Waals surface area contributed by atoms with E-state index in [0.717, 1.165) is 0 Å². The van der Waals surface area contributed by atoms with Gasteiger partial charge >= 0.3 is 0 Å². The Labute approximate surface area is 107 Å². The van der Waals surface area contributed by atoms with Crippen LogP contribution in [0.1, 0.15) is 15.8 Å². The molecule has 0 radical (unpaired) electrons. The zero-order valence-electron chi connectivity index (χ0n) is 10.5. The van der Waals surface area contributed by atoms with Gasteiger partial charge in [-0.25, -0.2) is 8.42 Å². The lowest BCUT2D eigenvalue weighted by Crippen LogP contribution is -2.33. The van der Waals surface area contributed by atoms with E-state index in [4.69, 9.17) is 5.73 Å². The molecule has 0 amide bonds. The molecule has 17 heavy (non-hydrogen) atoms. The third-order valence-electron chi connectivity index (χ3n) is 2.66. The van der Waals surface area contributed by atoms with Gasteiger partial charge in [0, 0.05) is 29.1 Å². The van der Waals surface area contributed by atoms with Crippen LogP contribution in [0.2, 0.25) is 0 Å². The highest BCUT2D eigenvalue weighted by Crippen LogP contribution is 2.25. The topological polar surface area (TPSA) is 63.4 Å². The number of hydrogen-bond acceptors (Lipinski definition) is 5. The Morgan fingerprint density at radius 1 is 1.47 bits per heavy atom. The molecular formula is C11H20N2O2S2. The van der Waals surface area contributed by atoms with Crippen LogP contribution in [0.4, 0.5) is 0 Å². The van der Waals surface area contributed by atoms with Crippen LogP contribution in [-0.4, -0.2) is 45.5 Å². The Morgan fingerprint density at radius 3 is 2.53 bits per heavy atom. The molecule has 0 aliphatic rings. The van der Waals surface area contributed by atoms with Crippen molar-refractivity contribution in [2.24, 2.45) is 5.73 Å². The fraction of sp³-hybridized carbons (Fsp3) is 0.636. The summed E-state index contributed by atoms with van der Waals surface area (Å²) in [6.45, 7) is 3.07. The van der Waals surface area contributed by atoms with Crippen molar-refractivity contribution < 1.29 is 8.42 Å². The number of nitrogens with two attached hydrogens (primary N) is 1. The normalized spacial score (nSPS) is 14.2. The molecular weight excluding hydrogens is 256 g/mol. The van der Waals surface area contributed by atoms with Gasteiger partial charge in [-0.1, -0.05) is 0 Å². The predicted molar refractivity (Wildman–Crippen MR) is 73.2 cm³/mol. The first-order chi connectivity index (χ1) is 7.83. The maximum atomic E-state index is 11.1. The number of sulfone groups is 1.